The number of amides is 1. The standard InChI is InChI=1S/C9H19NO2/c1-5-12-9(11)10-6-8(4)7(2)3/h7-8H,5-6H2,1-4H3,(H,10,11). The highest BCUT2D eigenvalue weighted by Crippen LogP contribution is 2.07. The van der Waals surface area contributed by atoms with Crippen molar-refractivity contribution < 1.29 is 9.53 Å². The summed E-state index contributed by atoms with van der Waals surface area (Å²) >= 11 is 0. The molecule has 12 heavy (non-hydrogen) atoms. The molecule has 0 aliphatic heterocycles. The highest BCUT2D eigenvalue weighted by molar-refractivity contribution is 5.66. The molecule has 0 aliphatic carbocycles. The van der Waals surface area contributed by atoms with E-state index >= 15 is 0 Å². The van der Waals surface area contributed by atoms with Crippen LogP contribution in [0.1, 0.15) is 27.7 Å². The van der Waals surface area contributed by atoms with Crippen molar-refractivity contribution in [2.24, 2.45) is 11.8 Å². The maximum absolute atomic E-state index is 10.8. The van der Waals surface area contributed by atoms with Crippen LogP contribution in [0.4, 0.5) is 4.79 Å². The van der Waals surface area contributed by atoms with Crippen LogP contribution in [0.25, 0.3) is 0 Å². The third-order valence-corrected chi connectivity index (χ3v) is 1.98. The normalized spacial score (nSPS) is 12.8. The molecule has 0 heterocycles. The summed E-state index contributed by atoms with van der Waals surface area (Å²) in [5.41, 5.74) is 0. The predicted octanol–water partition coefficient (Wildman–Crippen LogP) is 2.02. The van der Waals surface area contributed by atoms with E-state index in [1.165, 1.54) is 0 Å². The third kappa shape index (κ3) is 4.99. The number of hydrogen-bond acceptors (Lipinski definition) is 2. The van der Waals surface area contributed by atoms with Crippen molar-refractivity contribution in [3.05, 3.63) is 0 Å². The van der Waals surface area contributed by atoms with Crippen molar-refractivity contribution in [3.63, 3.8) is 0 Å². The number of ether oxygens (including phenoxy) is 1. The van der Waals surface area contributed by atoms with Crippen molar-refractivity contribution in [1.82, 2.24) is 5.32 Å². The SMILES string of the molecule is CCOC(=O)NCC(C)C(C)C. The lowest BCUT2D eigenvalue weighted by Crippen LogP contribution is -2.30. The Balaban J connectivity index is 3.47. The Morgan fingerprint density at radius 1 is 1.42 bits per heavy atom. The average Bonchev–Trinajstić information content (AvgIpc) is 2.00. The second-order valence-corrected chi connectivity index (χ2v) is 3.32. The molecule has 0 radical (unpaired) electrons. The van der Waals surface area contributed by atoms with Gasteiger partial charge in [-0.2, -0.15) is 0 Å². The molecule has 0 aromatic carbocycles. The summed E-state index contributed by atoms with van der Waals surface area (Å²) < 4.78 is 4.72. The van der Waals surface area contributed by atoms with Gasteiger partial charge in [-0.1, -0.05) is 20.8 Å². The van der Waals surface area contributed by atoms with E-state index in [1.54, 1.807) is 6.92 Å². The highest BCUT2D eigenvalue weighted by Gasteiger charge is 2.08. The number of rotatable bonds is 4. The zero-order valence-electron chi connectivity index (χ0n) is 8.39. The number of alkyl carbamates (subject to hydrolysis) is 1. The molecule has 0 aliphatic rings. The van der Waals surface area contributed by atoms with E-state index in [0.29, 0.717) is 25.0 Å². The van der Waals surface area contributed by atoms with E-state index in [4.69, 9.17) is 4.74 Å². The molecule has 1 atom stereocenters. The Bertz CT molecular complexity index is 134. The van der Waals surface area contributed by atoms with E-state index in [2.05, 4.69) is 26.1 Å². The quantitative estimate of drug-likeness (QED) is 0.706. The molecule has 0 fully saturated rings. The number of carbonyl (C=O) groups excluding carboxylic acids is 1. The first-order chi connectivity index (χ1) is 5.57. The topological polar surface area (TPSA) is 38.3 Å². The molecule has 1 unspecified atom stereocenters. The van der Waals surface area contributed by atoms with Gasteiger partial charge < -0.3 is 10.1 Å². The molecule has 0 aromatic heterocycles. The second kappa shape index (κ2) is 5.86. The second-order valence-electron chi connectivity index (χ2n) is 3.32. The van der Waals surface area contributed by atoms with Crippen LogP contribution in [0.15, 0.2) is 0 Å². The summed E-state index contributed by atoms with van der Waals surface area (Å²) in [5.74, 6) is 1.08. The van der Waals surface area contributed by atoms with Crippen LogP contribution in [0, 0.1) is 11.8 Å². The molecule has 3 nitrogen and oxygen atoms in total. The summed E-state index contributed by atoms with van der Waals surface area (Å²) in [5, 5.41) is 2.70. The minimum absolute atomic E-state index is 0.315. The third-order valence-electron chi connectivity index (χ3n) is 1.98. The molecule has 0 saturated carbocycles. The van der Waals surface area contributed by atoms with Crippen LogP contribution in [0.5, 0.6) is 0 Å². The average molecular weight is 173 g/mol. The van der Waals surface area contributed by atoms with Gasteiger partial charge in [-0.15, -0.1) is 0 Å². The fraction of sp³-hybridized carbons (Fsp3) is 0.889. The number of carbonyl (C=O) groups is 1. The lowest BCUT2D eigenvalue weighted by molar-refractivity contribution is 0.149. The fourth-order valence-corrected chi connectivity index (χ4v) is 0.662. The van der Waals surface area contributed by atoms with Gasteiger partial charge in [0.25, 0.3) is 0 Å². The smallest absolute Gasteiger partial charge is 0.407 e. The Morgan fingerprint density at radius 3 is 2.42 bits per heavy atom. The Labute approximate surface area is 74.5 Å². The first-order valence-corrected chi connectivity index (χ1v) is 4.48. The first kappa shape index (κ1) is 11.3. The lowest BCUT2D eigenvalue weighted by atomic mass is 9.98. The van der Waals surface area contributed by atoms with Crippen molar-refractivity contribution >= 4 is 6.09 Å². The molecular formula is C9H19NO2. The largest absolute Gasteiger partial charge is 0.450 e. The molecule has 0 spiro atoms. The Morgan fingerprint density at radius 2 is 2.00 bits per heavy atom. The lowest BCUT2D eigenvalue weighted by Gasteiger charge is -2.15. The first-order valence-electron chi connectivity index (χ1n) is 4.48. The van der Waals surface area contributed by atoms with Crippen LogP contribution >= 0.6 is 0 Å². The van der Waals surface area contributed by atoms with Crippen molar-refractivity contribution in [2.75, 3.05) is 13.2 Å². The molecule has 0 rings (SSSR count). The van der Waals surface area contributed by atoms with Gasteiger partial charge >= 0.3 is 6.09 Å². The summed E-state index contributed by atoms with van der Waals surface area (Å²) in [6, 6.07) is 0. The summed E-state index contributed by atoms with van der Waals surface area (Å²) in [6.07, 6.45) is -0.315. The van der Waals surface area contributed by atoms with Gasteiger partial charge in [0.05, 0.1) is 6.61 Å². The van der Waals surface area contributed by atoms with Crippen LogP contribution < -0.4 is 5.32 Å². The maximum atomic E-state index is 10.8. The zero-order valence-corrected chi connectivity index (χ0v) is 8.39. The van der Waals surface area contributed by atoms with Gasteiger partial charge in [-0.05, 0) is 18.8 Å². The van der Waals surface area contributed by atoms with E-state index in [9.17, 15) is 4.79 Å². The van der Waals surface area contributed by atoms with E-state index in [0.717, 1.165) is 0 Å². The highest BCUT2D eigenvalue weighted by atomic mass is 16.5. The van der Waals surface area contributed by atoms with Gasteiger partial charge in [0, 0.05) is 6.54 Å². The van der Waals surface area contributed by atoms with Gasteiger partial charge in [0.1, 0.15) is 0 Å². The monoisotopic (exact) mass is 173 g/mol. The molecule has 1 N–H and O–H groups in total. The number of nitrogens with one attached hydrogen (secondary N) is 1. The van der Waals surface area contributed by atoms with Crippen molar-refractivity contribution in [1.29, 1.82) is 0 Å². The molecule has 0 saturated heterocycles. The van der Waals surface area contributed by atoms with E-state index in [1.807, 2.05) is 0 Å². The predicted molar refractivity (Wildman–Crippen MR) is 49.0 cm³/mol. The molecule has 0 aromatic rings. The fourth-order valence-electron chi connectivity index (χ4n) is 0.662. The molecule has 0 bridgehead atoms. The molecule has 72 valence electrons. The molecule has 1 amide bonds. The van der Waals surface area contributed by atoms with E-state index in [-0.39, 0.29) is 6.09 Å². The van der Waals surface area contributed by atoms with Crippen LogP contribution in [-0.4, -0.2) is 19.2 Å². The van der Waals surface area contributed by atoms with Crippen LogP contribution in [-0.2, 0) is 4.74 Å². The van der Waals surface area contributed by atoms with Gasteiger partial charge in [0.15, 0.2) is 0 Å². The minimum Gasteiger partial charge on any atom is -0.450 e. The molecular weight excluding hydrogens is 154 g/mol. The van der Waals surface area contributed by atoms with Gasteiger partial charge in [0.2, 0.25) is 0 Å². The number of hydrogen-bond donors (Lipinski definition) is 1. The van der Waals surface area contributed by atoms with Gasteiger partial charge in [-0.3, -0.25) is 0 Å². The van der Waals surface area contributed by atoms with Crippen LogP contribution in [0.3, 0.4) is 0 Å². The summed E-state index contributed by atoms with van der Waals surface area (Å²) in [6.45, 7) is 9.30. The van der Waals surface area contributed by atoms with Gasteiger partial charge in [-0.25, -0.2) is 4.79 Å². The Hall–Kier alpha value is -0.730. The maximum Gasteiger partial charge on any atom is 0.407 e. The zero-order chi connectivity index (χ0) is 9.56. The summed E-state index contributed by atoms with van der Waals surface area (Å²) in [4.78, 5) is 10.8. The van der Waals surface area contributed by atoms with Crippen molar-refractivity contribution in [2.45, 2.75) is 27.7 Å². The minimum atomic E-state index is -0.315. The van der Waals surface area contributed by atoms with Crippen LogP contribution in [0.2, 0.25) is 0 Å². The Kier molecular flexibility index (Phi) is 5.51. The molecule has 3 heteroatoms. The van der Waals surface area contributed by atoms with E-state index < -0.39 is 0 Å². The summed E-state index contributed by atoms with van der Waals surface area (Å²) in [7, 11) is 0. The van der Waals surface area contributed by atoms with Crippen molar-refractivity contribution in [3.8, 4) is 0 Å².